The average molecular weight is 438 g/mol. The fourth-order valence-electron chi connectivity index (χ4n) is 3.73. The number of nitrogens with zero attached hydrogens (tertiary/aromatic N) is 3. The molecule has 5 rings (SSSR count). The van der Waals surface area contributed by atoms with Gasteiger partial charge in [0.15, 0.2) is 0 Å². The molecule has 1 aliphatic rings. The highest BCUT2D eigenvalue weighted by atomic mass is 35.5. The van der Waals surface area contributed by atoms with Crippen molar-refractivity contribution in [3.8, 4) is 22.5 Å². The van der Waals surface area contributed by atoms with Crippen LogP contribution in [0, 0.1) is 5.82 Å². The molecule has 9 heteroatoms. The van der Waals surface area contributed by atoms with Gasteiger partial charge in [-0.25, -0.2) is 9.37 Å². The highest BCUT2D eigenvalue weighted by molar-refractivity contribution is 6.30. The lowest BCUT2D eigenvalue weighted by molar-refractivity contribution is 0.431. The smallest absolute Gasteiger partial charge is 0.132 e. The molecule has 0 bridgehead atoms. The third-order valence-electron chi connectivity index (χ3n) is 5.33. The highest BCUT2D eigenvalue weighted by Crippen LogP contribution is 2.33. The Morgan fingerprint density at radius 2 is 2.00 bits per heavy atom. The van der Waals surface area contributed by atoms with E-state index in [4.69, 9.17) is 16.6 Å². The predicted octanol–water partition coefficient (Wildman–Crippen LogP) is 3.45. The molecule has 4 aromatic rings. The highest BCUT2D eigenvalue weighted by Gasteiger charge is 2.16. The Hall–Kier alpha value is -3.07. The topological polar surface area (TPSA) is 90.5 Å². The summed E-state index contributed by atoms with van der Waals surface area (Å²) in [4.78, 5) is 9.28. The van der Waals surface area contributed by atoms with Crippen molar-refractivity contribution in [1.29, 1.82) is 0 Å². The van der Waals surface area contributed by atoms with Crippen LogP contribution in [-0.4, -0.2) is 52.4 Å². The normalized spacial score (nSPS) is 16.5. The van der Waals surface area contributed by atoms with E-state index in [1.54, 1.807) is 12.3 Å². The Morgan fingerprint density at radius 3 is 2.87 bits per heavy atom. The summed E-state index contributed by atoms with van der Waals surface area (Å²) in [6.07, 6.45) is 3.45. The molecule has 1 aromatic carbocycles. The average Bonchev–Trinajstić information content (AvgIpc) is 3.29. The largest absolute Gasteiger partial charge is 0.382 e. The van der Waals surface area contributed by atoms with Crippen LogP contribution in [0.1, 0.15) is 0 Å². The summed E-state index contributed by atoms with van der Waals surface area (Å²) in [7, 11) is 0. The molecule has 31 heavy (non-hydrogen) atoms. The zero-order chi connectivity index (χ0) is 21.2. The number of anilines is 1. The number of aromatic nitrogens is 4. The summed E-state index contributed by atoms with van der Waals surface area (Å²) < 4.78 is 14.4. The maximum atomic E-state index is 14.4. The van der Waals surface area contributed by atoms with Gasteiger partial charge in [-0.15, -0.1) is 0 Å². The van der Waals surface area contributed by atoms with E-state index in [0.717, 1.165) is 42.9 Å². The number of hydrogen-bond acceptors (Lipinski definition) is 6. The molecule has 0 aliphatic carbocycles. The van der Waals surface area contributed by atoms with Crippen LogP contribution in [0.25, 0.3) is 33.5 Å². The number of hydrogen-bond donors (Lipinski definition) is 4. The number of nitrogens with one attached hydrogen (secondary N) is 4. The minimum Gasteiger partial charge on any atom is -0.382 e. The van der Waals surface area contributed by atoms with E-state index >= 15 is 0 Å². The summed E-state index contributed by atoms with van der Waals surface area (Å²) in [5.41, 5.74) is 4.68. The second-order valence-electron chi connectivity index (χ2n) is 7.48. The van der Waals surface area contributed by atoms with E-state index in [9.17, 15) is 4.39 Å². The van der Waals surface area contributed by atoms with Crippen LogP contribution in [0.15, 0.2) is 48.8 Å². The molecule has 1 saturated heterocycles. The SMILES string of the molecule is Fc1ccc(Cl)cc1-c1[nH]ncc1-c1ccc2ncc(NCC3CNCCN3)cc2n1. The molecule has 0 amide bonds. The second kappa shape index (κ2) is 8.58. The van der Waals surface area contributed by atoms with Crippen LogP contribution in [0.3, 0.4) is 0 Å². The van der Waals surface area contributed by atoms with Gasteiger partial charge in [0.25, 0.3) is 0 Å². The van der Waals surface area contributed by atoms with Crippen LogP contribution in [-0.2, 0) is 0 Å². The van der Waals surface area contributed by atoms with Gasteiger partial charge >= 0.3 is 0 Å². The molecule has 4 heterocycles. The number of halogens is 2. The monoisotopic (exact) mass is 437 g/mol. The lowest BCUT2D eigenvalue weighted by atomic mass is 10.0. The molecule has 1 unspecified atom stereocenters. The Labute approximate surface area is 183 Å². The lowest BCUT2D eigenvalue weighted by Crippen LogP contribution is -2.51. The first-order valence-corrected chi connectivity index (χ1v) is 10.5. The molecule has 1 atom stereocenters. The van der Waals surface area contributed by atoms with E-state index in [0.29, 0.717) is 33.6 Å². The van der Waals surface area contributed by atoms with Crippen LogP contribution < -0.4 is 16.0 Å². The van der Waals surface area contributed by atoms with Gasteiger partial charge in [-0.2, -0.15) is 5.10 Å². The first kappa shape index (κ1) is 19.9. The standard InChI is InChI=1S/C22H21ClFN7/c23-13-1-2-18(24)16(7-13)22-17(12-29-31-22)19-3-4-20-21(30-19)8-14(10-28-20)27-11-15-9-25-5-6-26-15/h1-4,7-8,10,12,15,25-27H,5-6,9,11H2,(H,29,31). The number of benzene rings is 1. The van der Waals surface area contributed by atoms with Crippen molar-refractivity contribution < 1.29 is 4.39 Å². The van der Waals surface area contributed by atoms with Gasteiger partial charge in [0.1, 0.15) is 5.82 Å². The lowest BCUT2D eigenvalue weighted by Gasteiger charge is -2.25. The van der Waals surface area contributed by atoms with Crippen molar-refractivity contribution in [2.45, 2.75) is 6.04 Å². The quantitative estimate of drug-likeness (QED) is 0.382. The third-order valence-corrected chi connectivity index (χ3v) is 5.56. The molecule has 0 spiro atoms. The number of aromatic amines is 1. The molecular formula is C22H21ClFN7. The Morgan fingerprint density at radius 1 is 1.06 bits per heavy atom. The minimum absolute atomic E-state index is 0.351. The Bertz CT molecular complexity index is 1220. The molecule has 0 radical (unpaired) electrons. The molecule has 4 N–H and O–H groups in total. The fraction of sp³-hybridized carbons (Fsp3) is 0.227. The third kappa shape index (κ3) is 4.23. The summed E-state index contributed by atoms with van der Waals surface area (Å²) in [6.45, 7) is 3.68. The second-order valence-corrected chi connectivity index (χ2v) is 7.91. The predicted molar refractivity (Wildman–Crippen MR) is 121 cm³/mol. The van der Waals surface area contributed by atoms with Gasteiger partial charge in [0, 0.05) is 48.4 Å². The van der Waals surface area contributed by atoms with Crippen LogP contribution >= 0.6 is 11.6 Å². The van der Waals surface area contributed by atoms with Gasteiger partial charge in [-0.05, 0) is 36.4 Å². The zero-order valence-electron chi connectivity index (χ0n) is 16.6. The van der Waals surface area contributed by atoms with Crippen molar-refractivity contribution in [2.75, 3.05) is 31.5 Å². The van der Waals surface area contributed by atoms with Gasteiger partial charge in [-0.1, -0.05) is 11.6 Å². The van der Waals surface area contributed by atoms with E-state index < -0.39 is 0 Å². The van der Waals surface area contributed by atoms with Gasteiger partial charge in [-0.3, -0.25) is 10.1 Å². The fourth-order valence-corrected chi connectivity index (χ4v) is 3.90. The molecule has 1 aliphatic heterocycles. The summed E-state index contributed by atoms with van der Waals surface area (Å²) in [5, 5.41) is 17.7. The van der Waals surface area contributed by atoms with Gasteiger partial charge in [0.05, 0.1) is 40.5 Å². The molecule has 158 valence electrons. The maximum Gasteiger partial charge on any atom is 0.132 e. The van der Waals surface area contributed by atoms with Crippen molar-refractivity contribution in [2.24, 2.45) is 0 Å². The van der Waals surface area contributed by atoms with Crippen LogP contribution in [0.2, 0.25) is 5.02 Å². The van der Waals surface area contributed by atoms with Gasteiger partial charge in [0.2, 0.25) is 0 Å². The molecule has 7 nitrogen and oxygen atoms in total. The van der Waals surface area contributed by atoms with E-state index in [-0.39, 0.29) is 5.82 Å². The van der Waals surface area contributed by atoms with Crippen LogP contribution in [0.4, 0.5) is 10.1 Å². The number of H-pyrrole nitrogens is 1. The van der Waals surface area contributed by atoms with Crippen molar-refractivity contribution >= 4 is 28.3 Å². The number of rotatable bonds is 5. The number of fused-ring (bicyclic) bond motifs is 1. The summed E-state index contributed by atoms with van der Waals surface area (Å²) >= 11 is 6.07. The first-order chi connectivity index (χ1) is 15.2. The Kier molecular flexibility index (Phi) is 5.50. The van der Waals surface area contributed by atoms with Gasteiger partial charge < -0.3 is 16.0 Å². The maximum absolute atomic E-state index is 14.4. The summed E-state index contributed by atoms with van der Waals surface area (Å²) in [5.74, 6) is -0.380. The summed E-state index contributed by atoms with van der Waals surface area (Å²) in [6, 6.07) is 10.5. The van der Waals surface area contributed by atoms with E-state index in [2.05, 4.69) is 31.1 Å². The molecule has 1 fully saturated rings. The van der Waals surface area contributed by atoms with Crippen molar-refractivity contribution in [1.82, 2.24) is 30.8 Å². The van der Waals surface area contributed by atoms with E-state index in [1.165, 1.54) is 12.1 Å². The van der Waals surface area contributed by atoms with Crippen molar-refractivity contribution in [3.05, 3.63) is 59.6 Å². The Balaban J connectivity index is 1.45. The van der Waals surface area contributed by atoms with Crippen molar-refractivity contribution in [3.63, 3.8) is 0 Å². The first-order valence-electron chi connectivity index (χ1n) is 10.1. The van der Waals surface area contributed by atoms with E-state index in [1.807, 2.05) is 24.4 Å². The molecule has 3 aromatic heterocycles. The number of pyridine rings is 2. The number of piperazine rings is 1. The molecule has 0 saturated carbocycles. The molecular weight excluding hydrogens is 417 g/mol. The zero-order valence-corrected chi connectivity index (χ0v) is 17.4. The van der Waals surface area contributed by atoms with Crippen LogP contribution in [0.5, 0.6) is 0 Å². The minimum atomic E-state index is -0.380.